The molecule has 5 nitrogen and oxygen atoms in total. The molecule has 29 heavy (non-hydrogen) atoms. The Balaban J connectivity index is 1.24. The van der Waals surface area contributed by atoms with Crippen molar-refractivity contribution in [1.82, 2.24) is 5.32 Å². The molecule has 0 radical (unpaired) electrons. The molecule has 4 bridgehead atoms. The highest BCUT2D eigenvalue weighted by Gasteiger charge is 2.51. The molecule has 7 heteroatoms. The van der Waals surface area contributed by atoms with E-state index in [0.29, 0.717) is 0 Å². The number of carbonyl (C=O) groups is 2. The van der Waals surface area contributed by atoms with E-state index in [2.05, 4.69) is 33.2 Å². The van der Waals surface area contributed by atoms with Crippen molar-refractivity contribution in [2.45, 2.75) is 62.7 Å². The third-order valence-electron chi connectivity index (χ3n) is 6.95. The van der Waals surface area contributed by atoms with E-state index in [1.54, 1.807) is 0 Å². The zero-order chi connectivity index (χ0) is 20.2. The van der Waals surface area contributed by atoms with Gasteiger partial charge in [0.05, 0.1) is 5.54 Å². The molecular formula is C22H26IN3O2S. The molecule has 1 heterocycles. The van der Waals surface area contributed by atoms with Crippen LogP contribution in [0.4, 0.5) is 5.69 Å². The Labute approximate surface area is 189 Å². The number of benzene rings is 1. The molecule has 5 aliphatic rings. The predicted octanol–water partition coefficient (Wildman–Crippen LogP) is 4.48. The van der Waals surface area contributed by atoms with Gasteiger partial charge in [0.1, 0.15) is 5.25 Å². The molecule has 2 N–H and O–H groups in total. The molecule has 6 rings (SSSR count). The van der Waals surface area contributed by atoms with Gasteiger partial charge in [-0.05, 0) is 110 Å². The minimum Gasteiger partial charge on any atom is -0.326 e. The SMILES string of the molecule is Cc1cc(I)ccc1NC(=O)CC1SC(=NC23CC4CC(CC(C4)C2)C3)NC1=O. The number of hydrogen-bond acceptors (Lipinski definition) is 4. The summed E-state index contributed by atoms with van der Waals surface area (Å²) >= 11 is 3.70. The van der Waals surface area contributed by atoms with Crippen LogP contribution in [0.25, 0.3) is 0 Å². The number of halogens is 1. The Bertz CT molecular complexity index is 865. The summed E-state index contributed by atoms with van der Waals surface area (Å²) in [6, 6.07) is 5.91. The van der Waals surface area contributed by atoms with Crippen LogP contribution in [-0.4, -0.2) is 27.8 Å². The van der Waals surface area contributed by atoms with Gasteiger partial charge in [0, 0.05) is 15.7 Å². The van der Waals surface area contributed by atoms with Crippen LogP contribution in [0.15, 0.2) is 23.2 Å². The Hall–Kier alpha value is -1.09. The molecule has 0 spiro atoms. The highest BCUT2D eigenvalue weighted by Crippen LogP contribution is 2.57. The minimum atomic E-state index is -0.396. The van der Waals surface area contributed by atoms with Gasteiger partial charge in [-0.25, -0.2) is 0 Å². The maximum absolute atomic E-state index is 12.5. The number of amides is 2. The molecular weight excluding hydrogens is 497 g/mol. The summed E-state index contributed by atoms with van der Waals surface area (Å²) in [7, 11) is 0. The highest BCUT2D eigenvalue weighted by molar-refractivity contribution is 14.1. The first-order chi connectivity index (χ1) is 13.9. The van der Waals surface area contributed by atoms with Gasteiger partial charge in [-0.15, -0.1) is 0 Å². The van der Waals surface area contributed by atoms with E-state index in [9.17, 15) is 9.59 Å². The number of carbonyl (C=O) groups excluding carboxylic acids is 2. The van der Waals surface area contributed by atoms with Crippen molar-refractivity contribution in [1.29, 1.82) is 0 Å². The number of nitrogens with one attached hydrogen (secondary N) is 2. The summed E-state index contributed by atoms with van der Waals surface area (Å²) in [5, 5.41) is 6.25. The number of amidine groups is 1. The lowest BCUT2D eigenvalue weighted by Gasteiger charge is -2.55. The predicted molar refractivity (Wildman–Crippen MR) is 125 cm³/mol. The fourth-order valence-corrected chi connectivity index (χ4v) is 7.87. The lowest BCUT2D eigenvalue weighted by atomic mass is 9.53. The van der Waals surface area contributed by atoms with Gasteiger partial charge in [-0.3, -0.25) is 14.6 Å². The summed E-state index contributed by atoms with van der Waals surface area (Å²) in [6.45, 7) is 1.98. The normalized spacial score (nSPS) is 36.5. The first kappa shape index (κ1) is 19.8. The third-order valence-corrected chi connectivity index (χ3v) is 8.71. The maximum atomic E-state index is 12.5. The van der Waals surface area contributed by atoms with Crippen LogP contribution in [0.1, 0.15) is 50.5 Å². The van der Waals surface area contributed by atoms with Gasteiger partial charge in [0.2, 0.25) is 11.8 Å². The monoisotopic (exact) mass is 523 g/mol. The second-order valence-electron chi connectivity index (χ2n) is 9.37. The lowest BCUT2D eigenvalue weighted by molar-refractivity contribution is -0.122. The zero-order valence-corrected chi connectivity index (χ0v) is 19.5. The highest BCUT2D eigenvalue weighted by atomic mass is 127. The Kier molecular flexibility index (Phi) is 5.17. The van der Waals surface area contributed by atoms with Crippen LogP contribution in [0.5, 0.6) is 0 Å². The number of hydrogen-bond donors (Lipinski definition) is 2. The lowest BCUT2D eigenvalue weighted by Crippen LogP contribution is -2.50. The van der Waals surface area contributed by atoms with E-state index < -0.39 is 5.25 Å². The summed E-state index contributed by atoms with van der Waals surface area (Å²) in [4.78, 5) is 30.1. The van der Waals surface area contributed by atoms with Gasteiger partial charge in [0.15, 0.2) is 5.17 Å². The number of aryl methyl sites for hydroxylation is 1. The Morgan fingerprint density at radius 2 is 1.90 bits per heavy atom. The van der Waals surface area contributed by atoms with E-state index in [0.717, 1.165) is 37.7 Å². The van der Waals surface area contributed by atoms with Crippen LogP contribution in [-0.2, 0) is 9.59 Å². The Morgan fingerprint density at radius 3 is 2.52 bits per heavy atom. The van der Waals surface area contributed by atoms with E-state index in [1.807, 2.05) is 25.1 Å². The first-order valence-corrected chi connectivity index (χ1v) is 12.5. The van der Waals surface area contributed by atoms with E-state index in [-0.39, 0.29) is 23.8 Å². The molecule has 0 aromatic heterocycles. The van der Waals surface area contributed by atoms with Crippen LogP contribution in [0.3, 0.4) is 0 Å². The van der Waals surface area contributed by atoms with Crippen molar-refractivity contribution in [2.24, 2.45) is 22.7 Å². The fraction of sp³-hybridized carbons (Fsp3) is 0.591. The molecule has 2 amide bonds. The standard InChI is InChI=1S/C22H26IN3O2S/c1-12-4-16(23)2-3-17(12)24-19(27)8-18-20(28)25-21(29-18)26-22-9-13-5-14(10-22)7-15(6-13)11-22/h2-4,13-15,18H,5-11H2,1H3,(H,24,27)(H,25,26,28). The third kappa shape index (κ3) is 4.09. The second-order valence-corrected chi connectivity index (χ2v) is 11.8. The molecule has 5 fully saturated rings. The smallest absolute Gasteiger partial charge is 0.240 e. The zero-order valence-electron chi connectivity index (χ0n) is 16.5. The molecule has 1 saturated heterocycles. The van der Waals surface area contributed by atoms with Crippen molar-refractivity contribution >= 4 is 57.0 Å². The average molecular weight is 523 g/mol. The molecule has 154 valence electrons. The average Bonchev–Trinajstić information content (AvgIpc) is 2.94. The van der Waals surface area contributed by atoms with Crippen molar-refractivity contribution in [3.63, 3.8) is 0 Å². The van der Waals surface area contributed by atoms with E-state index in [1.165, 1.54) is 50.3 Å². The second kappa shape index (κ2) is 7.55. The topological polar surface area (TPSA) is 70.6 Å². The summed E-state index contributed by atoms with van der Waals surface area (Å²) < 4.78 is 1.13. The van der Waals surface area contributed by atoms with Crippen molar-refractivity contribution < 1.29 is 9.59 Å². The quantitative estimate of drug-likeness (QED) is 0.572. The van der Waals surface area contributed by atoms with Crippen molar-refractivity contribution in [2.75, 3.05) is 5.32 Å². The molecule has 1 unspecified atom stereocenters. The van der Waals surface area contributed by atoms with Gasteiger partial charge < -0.3 is 10.6 Å². The molecule has 1 aromatic rings. The number of nitrogens with zero attached hydrogens (tertiary/aromatic N) is 1. The van der Waals surface area contributed by atoms with Crippen molar-refractivity contribution in [3.8, 4) is 0 Å². The minimum absolute atomic E-state index is 0.0415. The summed E-state index contributed by atoms with van der Waals surface area (Å²) in [5.41, 5.74) is 1.87. The fourth-order valence-electron chi connectivity index (χ4n) is 6.15. The molecule has 1 atom stereocenters. The van der Waals surface area contributed by atoms with Gasteiger partial charge in [0.25, 0.3) is 0 Å². The van der Waals surface area contributed by atoms with Crippen LogP contribution < -0.4 is 10.6 Å². The number of anilines is 1. The van der Waals surface area contributed by atoms with Crippen LogP contribution in [0.2, 0.25) is 0 Å². The van der Waals surface area contributed by atoms with Crippen LogP contribution >= 0.6 is 34.4 Å². The number of aliphatic imine (C=N–C) groups is 1. The van der Waals surface area contributed by atoms with Crippen molar-refractivity contribution in [3.05, 3.63) is 27.3 Å². The number of rotatable bonds is 4. The summed E-state index contributed by atoms with van der Waals surface area (Å²) in [5.74, 6) is 2.26. The summed E-state index contributed by atoms with van der Waals surface area (Å²) in [6.07, 6.45) is 7.84. The molecule has 4 saturated carbocycles. The van der Waals surface area contributed by atoms with E-state index >= 15 is 0 Å². The van der Waals surface area contributed by atoms with Gasteiger partial charge >= 0.3 is 0 Å². The van der Waals surface area contributed by atoms with Gasteiger partial charge in [-0.1, -0.05) is 11.8 Å². The van der Waals surface area contributed by atoms with Crippen LogP contribution in [0, 0.1) is 28.2 Å². The Morgan fingerprint density at radius 1 is 1.24 bits per heavy atom. The maximum Gasteiger partial charge on any atom is 0.240 e. The molecule has 1 aliphatic heterocycles. The number of thioether (sulfide) groups is 1. The molecule has 1 aromatic carbocycles. The van der Waals surface area contributed by atoms with Gasteiger partial charge in [-0.2, -0.15) is 0 Å². The van der Waals surface area contributed by atoms with E-state index in [4.69, 9.17) is 4.99 Å². The first-order valence-electron chi connectivity index (χ1n) is 10.5. The largest absolute Gasteiger partial charge is 0.326 e. The molecule has 4 aliphatic carbocycles.